The van der Waals surface area contributed by atoms with Crippen LogP contribution in [0, 0.1) is 0 Å². The molecule has 0 heterocycles. The third-order valence-electron chi connectivity index (χ3n) is 5.05. The molecule has 178 valence electrons. The number of benzene rings is 3. The van der Waals surface area contributed by atoms with Crippen molar-refractivity contribution in [2.24, 2.45) is 0 Å². The maximum absolute atomic E-state index is 13.4. The van der Waals surface area contributed by atoms with Crippen LogP contribution in [0.5, 0.6) is 0 Å². The van der Waals surface area contributed by atoms with Gasteiger partial charge in [0.1, 0.15) is 0 Å². The van der Waals surface area contributed by atoms with Crippen LogP contribution in [0.1, 0.15) is 28.4 Å². The number of para-hydroxylation sites is 1. The number of ether oxygens (including phenoxy) is 1. The van der Waals surface area contributed by atoms with Gasteiger partial charge in [-0.25, -0.2) is 8.42 Å². The molecule has 1 N–H and O–H groups in total. The second-order valence-electron chi connectivity index (χ2n) is 7.44. The Hall–Kier alpha value is -3.13. The van der Waals surface area contributed by atoms with Crippen LogP contribution >= 0.6 is 11.6 Å². The number of anilines is 1. The summed E-state index contributed by atoms with van der Waals surface area (Å²) in [6.45, 7) is 7.14. The molecular formula is C26H27ClN2O4S. The predicted molar refractivity (Wildman–Crippen MR) is 136 cm³/mol. The zero-order chi connectivity index (χ0) is 24.6. The van der Waals surface area contributed by atoms with Gasteiger partial charge in [-0.3, -0.25) is 9.10 Å². The summed E-state index contributed by atoms with van der Waals surface area (Å²) >= 11 is 6.25. The summed E-state index contributed by atoms with van der Waals surface area (Å²) in [5.41, 5.74) is 2.56. The summed E-state index contributed by atoms with van der Waals surface area (Å²) < 4.78 is 33.4. The quantitative estimate of drug-likeness (QED) is 0.369. The summed E-state index contributed by atoms with van der Waals surface area (Å²) in [4.78, 5) is 12.7. The number of halogens is 1. The molecule has 1 amide bonds. The highest BCUT2D eigenvalue weighted by molar-refractivity contribution is 7.92. The monoisotopic (exact) mass is 498 g/mol. The van der Waals surface area contributed by atoms with E-state index in [1.54, 1.807) is 36.4 Å². The van der Waals surface area contributed by atoms with Gasteiger partial charge in [-0.2, -0.15) is 0 Å². The van der Waals surface area contributed by atoms with Crippen LogP contribution in [0.15, 0.2) is 90.3 Å². The predicted octanol–water partition coefficient (Wildman–Crippen LogP) is 5.19. The van der Waals surface area contributed by atoms with E-state index in [0.29, 0.717) is 30.5 Å². The molecule has 3 aromatic rings. The number of nitrogens with zero attached hydrogens (tertiary/aromatic N) is 1. The molecule has 34 heavy (non-hydrogen) atoms. The summed E-state index contributed by atoms with van der Waals surface area (Å²) in [7, 11) is -3.99. The minimum atomic E-state index is -3.99. The molecule has 0 atom stereocenters. The highest BCUT2D eigenvalue weighted by atomic mass is 35.5. The molecule has 0 aromatic heterocycles. The first kappa shape index (κ1) is 25.5. The number of hydrogen-bond acceptors (Lipinski definition) is 4. The van der Waals surface area contributed by atoms with Gasteiger partial charge in [0.2, 0.25) is 0 Å². The van der Waals surface area contributed by atoms with Gasteiger partial charge in [0.25, 0.3) is 15.9 Å². The van der Waals surface area contributed by atoms with Crippen molar-refractivity contribution in [3.8, 4) is 0 Å². The SMILES string of the molecule is C=CCN(c1ccccc1Cl)S(=O)(=O)c1cccc(C(=O)NCc2ccc(COCC)cc2)c1. The number of carbonyl (C=O) groups excluding carboxylic acids is 1. The highest BCUT2D eigenvalue weighted by Crippen LogP contribution is 2.30. The van der Waals surface area contributed by atoms with Gasteiger partial charge < -0.3 is 10.1 Å². The molecule has 0 fully saturated rings. The maximum Gasteiger partial charge on any atom is 0.264 e. The lowest BCUT2D eigenvalue weighted by Gasteiger charge is -2.24. The molecule has 8 heteroatoms. The van der Waals surface area contributed by atoms with Crippen molar-refractivity contribution in [3.63, 3.8) is 0 Å². The van der Waals surface area contributed by atoms with E-state index < -0.39 is 10.0 Å². The van der Waals surface area contributed by atoms with Crippen molar-refractivity contribution in [2.45, 2.75) is 25.0 Å². The van der Waals surface area contributed by atoms with Crippen LogP contribution < -0.4 is 9.62 Å². The van der Waals surface area contributed by atoms with Crippen molar-refractivity contribution in [2.75, 3.05) is 17.5 Å². The van der Waals surface area contributed by atoms with Crippen LogP contribution in [-0.4, -0.2) is 27.5 Å². The molecule has 0 aliphatic rings. The normalized spacial score (nSPS) is 11.1. The van der Waals surface area contributed by atoms with E-state index in [-0.39, 0.29) is 22.9 Å². The average molecular weight is 499 g/mol. The number of hydrogen-bond donors (Lipinski definition) is 1. The summed E-state index contributed by atoms with van der Waals surface area (Å²) in [5.74, 6) is -0.372. The van der Waals surface area contributed by atoms with Crippen molar-refractivity contribution < 1.29 is 17.9 Å². The molecule has 0 saturated carbocycles. The lowest BCUT2D eigenvalue weighted by Crippen LogP contribution is -2.31. The van der Waals surface area contributed by atoms with E-state index in [2.05, 4.69) is 11.9 Å². The number of carbonyl (C=O) groups is 1. The highest BCUT2D eigenvalue weighted by Gasteiger charge is 2.26. The van der Waals surface area contributed by atoms with Crippen molar-refractivity contribution in [3.05, 3.63) is 107 Å². The van der Waals surface area contributed by atoms with Crippen LogP contribution in [-0.2, 0) is 27.9 Å². The van der Waals surface area contributed by atoms with Gasteiger partial charge in [0, 0.05) is 18.7 Å². The second-order valence-corrected chi connectivity index (χ2v) is 9.71. The van der Waals surface area contributed by atoms with Gasteiger partial charge in [-0.15, -0.1) is 6.58 Å². The molecule has 0 spiro atoms. The first-order chi connectivity index (χ1) is 16.4. The van der Waals surface area contributed by atoms with Crippen molar-refractivity contribution >= 4 is 33.2 Å². The lowest BCUT2D eigenvalue weighted by atomic mass is 10.1. The molecule has 3 aromatic carbocycles. The molecule has 0 unspecified atom stereocenters. The van der Waals surface area contributed by atoms with Crippen LogP contribution in [0.4, 0.5) is 5.69 Å². The third-order valence-corrected chi connectivity index (χ3v) is 7.14. The van der Waals surface area contributed by atoms with Gasteiger partial charge in [0.05, 0.1) is 28.8 Å². The first-order valence-electron chi connectivity index (χ1n) is 10.8. The van der Waals surface area contributed by atoms with Crippen molar-refractivity contribution in [1.82, 2.24) is 5.32 Å². The Bertz CT molecular complexity index is 1240. The fourth-order valence-electron chi connectivity index (χ4n) is 3.28. The largest absolute Gasteiger partial charge is 0.377 e. The Morgan fingerprint density at radius 2 is 1.76 bits per heavy atom. The summed E-state index contributed by atoms with van der Waals surface area (Å²) in [6, 6.07) is 20.4. The number of rotatable bonds is 11. The van der Waals surface area contributed by atoms with Gasteiger partial charge in [0.15, 0.2) is 0 Å². The zero-order valence-corrected chi connectivity index (χ0v) is 20.5. The van der Waals surface area contributed by atoms with Gasteiger partial charge >= 0.3 is 0 Å². The van der Waals surface area contributed by atoms with E-state index in [1.165, 1.54) is 22.5 Å². The molecular weight excluding hydrogens is 472 g/mol. The van der Waals surface area contributed by atoms with E-state index in [0.717, 1.165) is 11.1 Å². The number of amides is 1. The minimum Gasteiger partial charge on any atom is -0.377 e. The van der Waals surface area contributed by atoms with Crippen LogP contribution in [0.2, 0.25) is 5.02 Å². The third kappa shape index (κ3) is 6.26. The van der Waals surface area contributed by atoms with E-state index in [1.807, 2.05) is 31.2 Å². The van der Waals surface area contributed by atoms with Crippen LogP contribution in [0.25, 0.3) is 0 Å². The fraction of sp³-hybridized carbons (Fsp3) is 0.192. The van der Waals surface area contributed by atoms with E-state index in [9.17, 15) is 13.2 Å². The van der Waals surface area contributed by atoms with Crippen LogP contribution in [0.3, 0.4) is 0 Å². The standard InChI is InChI=1S/C26H27ClN2O4S/c1-3-16-29(25-11-6-5-10-24(25)27)34(31,32)23-9-7-8-22(17-23)26(30)28-18-20-12-14-21(15-13-20)19-33-4-2/h3,5-15,17H,1,4,16,18-19H2,2H3,(H,28,30). The first-order valence-corrected chi connectivity index (χ1v) is 12.6. The number of sulfonamides is 1. The smallest absolute Gasteiger partial charge is 0.264 e. The molecule has 0 aliphatic heterocycles. The topological polar surface area (TPSA) is 75.7 Å². The van der Waals surface area contributed by atoms with Crippen molar-refractivity contribution in [1.29, 1.82) is 0 Å². The second kappa shape index (κ2) is 11.8. The Balaban J connectivity index is 1.77. The molecule has 0 bridgehead atoms. The Labute approximate surface area is 205 Å². The fourth-order valence-corrected chi connectivity index (χ4v) is 5.07. The maximum atomic E-state index is 13.4. The summed E-state index contributed by atoms with van der Waals surface area (Å²) in [6.07, 6.45) is 1.48. The Morgan fingerprint density at radius 3 is 2.44 bits per heavy atom. The molecule has 0 saturated heterocycles. The van der Waals surface area contributed by atoms with E-state index >= 15 is 0 Å². The molecule has 6 nitrogen and oxygen atoms in total. The molecule has 0 aliphatic carbocycles. The Kier molecular flexibility index (Phi) is 8.87. The lowest BCUT2D eigenvalue weighted by molar-refractivity contribution is 0.0950. The van der Waals surface area contributed by atoms with E-state index in [4.69, 9.17) is 16.3 Å². The zero-order valence-electron chi connectivity index (χ0n) is 18.9. The molecule has 0 radical (unpaired) electrons. The average Bonchev–Trinajstić information content (AvgIpc) is 2.85. The molecule has 3 rings (SSSR count). The summed E-state index contributed by atoms with van der Waals surface area (Å²) in [5, 5.41) is 3.14. The minimum absolute atomic E-state index is 0.0119. The number of nitrogens with one attached hydrogen (secondary N) is 1. The van der Waals surface area contributed by atoms with Gasteiger partial charge in [-0.1, -0.05) is 60.1 Å². The Morgan fingerprint density at radius 1 is 1.06 bits per heavy atom. The van der Waals surface area contributed by atoms with Gasteiger partial charge in [-0.05, 0) is 48.4 Å².